The van der Waals surface area contributed by atoms with Crippen molar-refractivity contribution < 1.29 is 14.4 Å². The number of aliphatic hydroxyl groups is 1. The van der Waals surface area contributed by atoms with Gasteiger partial charge >= 0.3 is 0 Å². The monoisotopic (exact) mass is 151 g/mol. The fourth-order valence-corrected chi connectivity index (χ4v) is 0.470. The smallest absolute Gasteiger partial charge is 0.207 e. The van der Waals surface area contributed by atoms with Crippen LogP contribution in [0.2, 0.25) is 0 Å². The number of nitrogens with one attached hydrogen (secondary N) is 1. The van der Waals surface area contributed by atoms with Crippen molar-refractivity contribution in [2.45, 2.75) is 12.7 Å². The minimum absolute atomic E-state index is 0.405. The minimum Gasteiger partial charge on any atom is -0.368 e. The Balaban J connectivity index is 2.96. The first-order chi connectivity index (χ1) is 4.31. The molecule has 0 spiro atoms. The molecule has 0 saturated carbocycles. The maximum atomic E-state index is 9.64. The molecule has 0 aliphatic heterocycles. The van der Waals surface area contributed by atoms with Crippen LogP contribution in [0.25, 0.3) is 0 Å². The summed E-state index contributed by atoms with van der Waals surface area (Å²) in [6, 6.07) is 0. The minimum atomic E-state index is -0.803. The van der Waals surface area contributed by atoms with Crippen LogP contribution in [0.3, 0.4) is 0 Å². The summed E-state index contributed by atoms with van der Waals surface area (Å²) in [5.41, 5.74) is 0. The third-order valence-electron chi connectivity index (χ3n) is 0.776. The van der Waals surface area contributed by atoms with Gasteiger partial charge in [0.2, 0.25) is 6.41 Å². The highest BCUT2D eigenvalue weighted by atomic mass is 31.0. The van der Waals surface area contributed by atoms with Crippen LogP contribution >= 0.6 is 9.47 Å². The van der Waals surface area contributed by atoms with Crippen LogP contribution in [0.4, 0.5) is 0 Å². The van der Waals surface area contributed by atoms with Crippen molar-refractivity contribution in [3.05, 3.63) is 0 Å². The second-order valence-corrected chi connectivity index (χ2v) is 1.72. The van der Waals surface area contributed by atoms with Crippen LogP contribution in [-0.4, -0.2) is 24.4 Å². The molecule has 0 aliphatic rings. The molecule has 0 aliphatic carbocycles. The molecule has 9 heavy (non-hydrogen) atoms. The normalized spacial score (nSPS) is 12.7. The van der Waals surface area contributed by atoms with Gasteiger partial charge in [0, 0.05) is 22.4 Å². The molecule has 0 heterocycles. The molecule has 0 radical (unpaired) electrons. The van der Waals surface area contributed by atoms with E-state index in [1.54, 1.807) is 0 Å². The molecule has 0 fully saturated rings. The van der Waals surface area contributed by atoms with E-state index in [-0.39, 0.29) is 0 Å². The standard InChI is InChI=1S/C4H10NO3P/c6-3-5-2-1-4(7)8-9/h3-4,7H,1-2,9H2,(H,5,6). The molecule has 4 nitrogen and oxygen atoms in total. The number of rotatable bonds is 5. The molecule has 2 atom stereocenters. The summed E-state index contributed by atoms with van der Waals surface area (Å²) in [7, 11) is 1.94. The largest absolute Gasteiger partial charge is 0.368 e. The quantitative estimate of drug-likeness (QED) is 0.235. The molecule has 2 N–H and O–H groups in total. The zero-order chi connectivity index (χ0) is 7.11. The van der Waals surface area contributed by atoms with Gasteiger partial charge in [0.15, 0.2) is 6.29 Å². The molecule has 0 bridgehead atoms. The molecule has 0 rings (SSSR count). The zero-order valence-corrected chi connectivity index (χ0v) is 6.06. The molecule has 5 heteroatoms. The molecule has 54 valence electrons. The van der Waals surface area contributed by atoms with Crippen LogP contribution < -0.4 is 5.32 Å². The maximum absolute atomic E-state index is 9.64. The third-order valence-corrected chi connectivity index (χ3v) is 1.09. The number of amides is 1. The van der Waals surface area contributed by atoms with Crippen LogP contribution in [0, 0.1) is 0 Å². The van der Waals surface area contributed by atoms with Crippen molar-refractivity contribution in [1.82, 2.24) is 5.32 Å². The van der Waals surface area contributed by atoms with Gasteiger partial charge in [0.1, 0.15) is 0 Å². The van der Waals surface area contributed by atoms with Crippen LogP contribution in [0.1, 0.15) is 6.42 Å². The lowest BCUT2D eigenvalue weighted by atomic mass is 10.4. The van der Waals surface area contributed by atoms with E-state index in [9.17, 15) is 4.79 Å². The molecule has 0 saturated heterocycles. The number of carbonyl (C=O) groups excluding carboxylic acids is 1. The van der Waals surface area contributed by atoms with Crippen LogP contribution in [-0.2, 0) is 9.32 Å². The van der Waals surface area contributed by atoms with Gasteiger partial charge in [-0.2, -0.15) is 0 Å². The summed E-state index contributed by atoms with van der Waals surface area (Å²) in [5.74, 6) is 0. The highest BCUT2D eigenvalue weighted by Crippen LogP contribution is 1.96. The Morgan fingerprint density at radius 2 is 2.56 bits per heavy atom. The number of hydrogen-bond acceptors (Lipinski definition) is 3. The van der Waals surface area contributed by atoms with E-state index < -0.39 is 6.29 Å². The highest BCUT2D eigenvalue weighted by Gasteiger charge is 1.97. The first kappa shape index (κ1) is 8.82. The van der Waals surface area contributed by atoms with E-state index >= 15 is 0 Å². The summed E-state index contributed by atoms with van der Waals surface area (Å²) < 4.78 is 4.41. The summed E-state index contributed by atoms with van der Waals surface area (Å²) in [4.78, 5) is 9.64. The van der Waals surface area contributed by atoms with Crippen molar-refractivity contribution in [1.29, 1.82) is 0 Å². The molecular formula is C4H10NO3P. The topological polar surface area (TPSA) is 58.6 Å². The van der Waals surface area contributed by atoms with Gasteiger partial charge in [-0.3, -0.25) is 4.79 Å². The van der Waals surface area contributed by atoms with E-state index in [4.69, 9.17) is 5.11 Å². The lowest BCUT2D eigenvalue weighted by molar-refractivity contribution is -0.109. The molecule has 2 unspecified atom stereocenters. The zero-order valence-electron chi connectivity index (χ0n) is 4.91. The molecular weight excluding hydrogens is 141 g/mol. The van der Waals surface area contributed by atoms with Crippen LogP contribution in [0.5, 0.6) is 0 Å². The van der Waals surface area contributed by atoms with Crippen molar-refractivity contribution in [2.24, 2.45) is 0 Å². The fraction of sp³-hybridized carbons (Fsp3) is 0.750. The van der Waals surface area contributed by atoms with Crippen molar-refractivity contribution in [3.63, 3.8) is 0 Å². The van der Waals surface area contributed by atoms with Gasteiger partial charge in [0.05, 0.1) is 0 Å². The highest BCUT2D eigenvalue weighted by molar-refractivity contribution is 7.09. The van der Waals surface area contributed by atoms with Gasteiger partial charge in [-0.1, -0.05) is 0 Å². The average molecular weight is 151 g/mol. The average Bonchev–Trinajstić information content (AvgIpc) is 1.89. The Morgan fingerprint density at radius 3 is 3.00 bits per heavy atom. The number of aliphatic hydroxyl groups excluding tert-OH is 1. The lowest BCUT2D eigenvalue weighted by Gasteiger charge is -2.05. The summed E-state index contributed by atoms with van der Waals surface area (Å²) in [6.45, 7) is 0.430. The Hall–Kier alpha value is -0.180. The van der Waals surface area contributed by atoms with Crippen molar-refractivity contribution >= 4 is 15.9 Å². The molecule has 0 aromatic carbocycles. The number of carbonyl (C=O) groups is 1. The van der Waals surface area contributed by atoms with Crippen molar-refractivity contribution in [2.75, 3.05) is 6.54 Å². The maximum Gasteiger partial charge on any atom is 0.207 e. The van der Waals surface area contributed by atoms with Crippen molar-refractivity contribution in [3.8, 4) is 0 Å². The van der Waals surface area contributed by atoms with Gasteiger partial charge in [-0.15, -0.1) is 0 Å². The summed E-state index contributed by atoms with van der Waals surface area (Å²) in [5, 5.41) is 11.1. The van der Waals surface area contributed by atoms with Gasteiger partial charge in [-0.25, -0.2) is 0 Å². The van der Waals surface area contributed by atoms with Gasteiger partial charge in [-0.05, 0) is 0 Å². The van der Waals surface area contributed by atoms with E-state index in [2.05, 4.69) is 9.84 Å². The SMILES string of the molecule is O=CNCCC(O)OP. The van der Waals surface area contributed by atoms with Crippen LogP contribution in [0.15, 0.2) is 0 Å². The fourth-order valence-electron chi connectivity index (χ4n) is 0.334. The predicted octanol–water partition coefficient (Wildman–Crippen LogP) is -0.752. The first-order valence-corrected chi connectivity index (χ1v) is 2.99. The first-order valence-electron chi connectivity index (χ1n) is 2.52. The Kier molecular flexibility index (Phi) is 5.83. The molecule has 0 aromatic rings. The van der Waals surface area contributed by atoms with E-state index in [1.165, 1.54) is 0 Å². The summed E-state index contributed by atoms with van der Waals surface area (Å²) >= 11 is 0. The second kappa shape index (κ2) is 5.95. The lowest BCUT2D eigenvalue weighted by Crippen LogP contribution is -2.18. The Morgan fingerprint density at radius 1 is 1.89 bits per heavy atom. The predicted molar refractivity (Wildman–Crippen MR) is 35.5 cm³/mol. The number of hydrogen-bond donors (Lipinski definition) is 2. The van der Waals surface area contributed by atoms with E-state index in [1.807, 2.05) is 9.47 Å². The van der Waals surface area contributed by atoms with Gasteiger partial charge < -0.3 is 14.9 Å². The Bertz CT molecular complexity index is 80.2. The van der Waals surface area contributed by atoms with E-state index in [0.717, 1.165) is 0 Å². The molecule has 1 amide bonds. The third kappa shape index (κ3) is 5.69. The second-order valence-electron chi connectivity index (χ2n) is 1.45. The molecule has 0 aromatic heterocycles. The van der Waals surface area contributed by atoms with Gasteiger partial charge in [0.25, 0.3) is 0 Å². The van der Waals surface area contributed by atoms with E-state index in [0.29, 0.717) is 19.4 Å². The summed E-state index contributed by atoms with van der Waals surface area (Å²) in [6.07, 6.45) is 0.181. The Labute approximate surface area is 55.9 Å².